The molecule has 1 aromatic carbocycles. The molecule has 7 nitrogen and oxygen atoms in total. The molecule has 2 N–H and O–H groups in total. The molecule has 1 aliphatic carbocycles. The van der Waals surface area contributed by atoms with Crippen molar-refractivity contribution in [2.45, 2.75) is 26.2 Å². The van der Waals surface area contributed by atoms with Crippen molar-refractivity contribution in [3.8, 4) is 11.5 Å². The molecule has 7 heteroatoms. The maximum Gasteiger partial charge on any atom is 0.229 e. The van der Waals surface area contributed by atoms with E-state index in [4.69, 9.17) is 9.40 Å². The molecule has 4 aromatic rings. The van der Waals surface area contributed by atoms with Crippen molar-refractivity contribution in [2.75, 3.05) is 18.4 Å². The fourth-order valence-electron chi connectivity index (χ4n) is 4.19. The van der Waals surface area contributed by atoms with Crippen molar-refractivity contribution in [1.29, 1.82) is 0 Å². The Morgan fingerprint density at radius 1 is 1.16 bits per heavy atom. The minimum absolute atomic E-state index is 0.0325. The third kappa shape index (κ3) is 3.44. The summed E-state index contributed by atoms with van der Waals surface area (Å²) in [7, 11) is 0. The van der Waals surface area contributed by atoms with Gasteiger partial charge in [-0.15, -0.1) is 0 Å². The maximum absolute atomic E-state index is 12.2. The number of anilines is 1. The third-order valence-electron chi connectivity index (χ3n) is 6.19. The van der Waals surface area contributed by atoms with E-state index in [2.05, 4.69) is 38.8 Å². The first-order valence-corrected chi connectivity index (χ1v) is 11.0. The smallest absolute Gasteiger partial charge is 0.229 e. The van der Waals surface area contributed by atoms with Crippen molar-refractivity contribution >= 4 is 39.2 Å². The molecule has 6 rings (SSSR count). The molecule has 0 spiro atoms. The average Bonchev–Trinajstić information content (AvgIpc) is 3.59. The fraction of sp³-hybridized carbons (Fsp3) is 0.280. The van der Waals surface area contributed by atoms with Gasteiger partial charge in [-0.3, -0.25) is 9.78 Å². The number of aromatic nitrogens is 3. The van der Waals surface area contributed by atoms with Gasteiger partial charge in [0.15, 0.2) is 5.58 Å². The number of aryl methyl sites for hydroxylation is 1. The first-order valence-electron chi connectivity index (χ1n) is 11.0. The van der Waals surface area contributed by atoms with E-state index in [0.29, 0.717) is 11.7 Å². The van der Waals surface area contributed by atoms with Crippen molar-refractivity contribution in [3.05, 3.63) is 54.0 Å². The van der Waals surface area contributed by atoms with Gasteiger partial charge in [-0.2, -0.15) is 0 Å². The molecule has 32 heavy (non-hydrogen) atoms. The second-order valence-corrected chi connectivity index (χ2v) is 8.53. The van der Waals surface area contributed by atoms with Crippen LogP contribution in [0.3, 0.4) is 0 Å². The van der Waals surface area contributed by atoms with Crippen LogP contribution >= 0.6 is 0 Å². The summed E-state index contributed by atoms with van der Waals surface area (Å²) >= 11 is 0. The van der Waals surface area contributed by atoms with Crippen LogP contribution in [0, 0.1) is 12.8 Å². The summed E-state index contributed by atoms with van der Waals surface area (Å²) in [5, 5.41) is 8.16. The molecule has 0 unspecified atom stereocenters. The lowest BCUT2D eigenvalue weighted by atomic mass is 10.0. The normalized spacial score (nSPS) is 16.3. The van der Waals surface area contributed by atoms with Crippen molar-refractivity contribution in [1.82, 2.24) is 20.3 Å². The highest BCUT2D eigenvalue weighted by molar-refractivity contribution is 6.00. The zero-order chi connectivity index (χ0) is 21.7. The summed E-state index contributed by atoms with van der Waals surface area (Å²) in [4.78, 5) is 25.9. The highest BCUT2D eigenvalue weighted by Gasteiger charge is 2.30. The average molecular weight is 425 g/mol. The van der Waals surface area contributed by atoms with Gasteiger partial charge in [-0.05, 0) is 62.1 Å². The highest BCUT2D eigenvalue weighted by Crippen LogP contribution is 2.34. The second kappa shape index (κ2) is 7.53. The summed E-state index contributed by atoms with van der Waals surface area (Å²) in [6, 6.07) is 8.02. The molecule has 1 saturated carbocycles. The number of carbonyl (C=O) groups is 1. The topological polar surface area (TPSA) is 92.9 Å². The van der Waals surface area contributed by atoms with Crippen LogP contribution in [-0.2, 0) is 4.79 Å². The number of hydrogen-bond acceptors (Lipinski definition) is 6. The molecule has 0 saturated heterocycles. The number of benzene rings is 1. The van der Waals surface area contributed by atoms with Crippen molar-refractivity contribution in [3.63, 3.8) is 0 Å². The molecule has 0 radical (unpaired) electrons. The van der Waals surface area contributed by atoms with Gasteiger partial charge in [0.1, 0.15) is 11.3 Å². The molecule has 1 fully saturated rings. The van der Waals surface area contributed by atoms with Crippen LogP contribution in [0.1, 0.15) is 30.5 Å². The molecule has 0 bridgehead atoms. The van der Waals surface area contributed by atoms with E-state index < -0.39 is 0 Å². The predicted molar refractivity (Wildman–Crippen MR) is 124 cm³/mol. The summed E-state index contributed by atoms with van der Waals surface area (Å²) in [5.74, 6) is 1.20. The molecule has 160 valence electrons. The van der Waals surface area contributed by atoms with Crippen LogP contribution < -0.4 is 10.6 Å². The molecule has 2 aliphatic rings. The summed E-state index contributed by atoms with van der Waals surface area (Å²) < 4.78 is 6.12. The van der Waals surface area contributed by atoms with Crippen LogP contribution in [0.4, 0.5) is 5.82 Å². The number of rotatable bonds is 4. The van der Waals surface area contributed by atoms with Crippen LogP contribution in [0.2, 0.25) is 0 Å². The minimum Gasteiger partial charge on any atom is -0.436 e. The number of nitrogens with one attached hydrogen (secondary N) is 2. The zero-order valence-electron chi connectivity index (χ0n) is 17.8. The van der Waals surface area contributed by atoms with Crippen LogP contribution in [0.25, 0.3) is 38.9 Å². The molecule has 0 atom stereocenters. The molecule has 1 amide bonds. The number of nitrogens with zero attached hydrogens (tertiary/aromatic N) is 3. The molecule has 4 heterocycles. The Bertz CT molecular complexity index is 1400. The Kier molecular flexibility index (Phi) is 4.50. The van der Waals surface area contributed by atoms with Crippen LogP contribution in [0.15, 0.2) is 47.2 Å². The fourth-order valence-corrected chi connectivity index (χ4v) is 4.19. The van der Waals surface area contributed by atoms with Crippen molar-refractivity contribution < 1.29 is 9.21 Å². The zero-order valence-corrected chi connectivity index (χ0v) is 17.8. The molecule has 3 aromatic heterocycles. The van der Waals surface area contributed by atoms with E-state index in [1.165, 1.54) is 5.57 Å². The van der Waals surface area contributed by atoms with Gasteiger partial charge in [0.2, 0.25) is 11.8 Å². The predicted octanol–water partition coefficient (Wildman–Crippen LogP) is 4.47. The van der Waals surface area contributed by atoms with E-state index in [1.807, 2.05) is 19.1 Å². The number of pyridine rings is 2. The standard InChI is InChI=1S/C25H23N5O2/c1-14-19-12-28-23(30-24(31)15-4-5-15)10-18(19)20(13-27-14)25-29-21-9-16(6-7-22(21)32-25)17-3-2-8-26-11-17/h3,6-7,9-10,12-13,15,26H,2,4-5,8,11H2,1H3,(H,28,30,31). The van der Waals surface area contributed by atoms with E-state index in [9.17, 15) is 4.79 Å². The highest BCUT2D eigenvalue weighted by atomic mass is 16.3. The molecule has 1 aliphatic heterocycles. The lowest BCUT2D eigenvalue weighted by Gasteiger charge is -2.14. The Labute approximate surface area is 185 Å². The quantitative estimate of drug-likeness (QED) is 0.501. The number of oxazole rings is 1. The Morgan fingerprint density at radius 3 is 2.88 bits per heavy atom. The SMILES string of the molecule is Cc1ncc(-c2nc3cc(C4=CCCNC4)ccc3o2)c2cc(NC(=O)C3CC3)ncc12. The lowest BCUT2D eigenvalue weighted by Crippen LogP contribution is -2.21. The van der Waals surface area contributed by atoms with E-state index in [0.717, 1.165) is 71.0 Å². The number of amides is 1. The largest absolute Gasteiger partial charge is 0.436 e. The first kappa shape index (κ1) is 19.1. The van der Waals surface area contributed by atoms with Crippen LogP contribution in [-0.4, -0.2) is 33.9 Å². The van der Waals surface area contributed by atoms with Gasteiger partial charge >= 0.3 is 0 Å². The Hall–Kier alpha value is -3.58. The number of carbonyl (C=O) groups excluding carboxylic acids is 1. The van der Waals surface area contributed by atoms with Gasteiger partial charge in [-0.25, -0.2) is 9.97 Å². The summed E-state index contributed by atoms with van der Waals surface area (Å²) in [6.45, 7) is 3.83. The summed E-state index contributed by atoms with van der Waals surface area (Å²) in [6.07, 6.45) is 8.75. The molecular weight excluding hydrogens is 402 g/mol. The second-order valence-electron chi connectivity index (χ2n) is 8.53. The van der Waals surface area contributed by atoms with Crippen molar-refractivity contribution in [2.24, 2.45) is 5.92 Å². The van der Waals surface area contributed by atoms with Gasteiger partial charge in [-0.1, -0.05) is 12.1 Å². The molecular formula is C25H23N5O2. The van der Waals surface area contributed by atoms with E-state index >= 15 is 0 Å². The lowest BCUT2D eigenvalue weighted by molar-refractivity contribution is -0.117. The van der Waals surface area contributed by atoms with E-state index in [-0.39, 0.29) is 11.8 Å². The monoisotopic (exact) mass is 425 g/mol. The van der Waals surface area contributed by atoms with Gasteiger partial charge in [0, 0.05) is 41.3 Å². The summed E-state index contributed by atoms with van der Waals surface area (Å²) in [5.41, 5.74) is 5.64. The number of fused-ring (bicyclic) bond motifs is 2. The Balaban J connectivity index is 1.42. The Morgan fingerprint density at radius 2 is 2.06 bits per heavy atom. The van der Waals surface area contributed by atoms with Gasteiger partial charge in [0.25, 0.3) is 0 Å². The maximum atomic E-state index is 12.2. The minimum atomic E-state index is 0.0325. The third-order valence-corrected chi connectivity index (χ3v) is 6.19. The van der Waals surface area contributed by atoms with Gasteiger partial charge in [0.05, 0.1) is 5.56 Å². The number of hydrogen-bond donors (Lipinski definition) is 2. The van der Waals surface area contributed by atoms with E-state index in [1.54, 1.807) is 12.4 Å². The van der Waals surface area contributed by atoms with Crippen LogP contribution in [0.5, 0.6) is 0 Å². The van der Waals surface area contributed by atoms with Gasteiger partial charge < -0.3 is 15.1 Å². The first-order chi connectivity index (χ1) is 15.7.